The Morgan fingerprint density at radius 3 is 2.43 bits per heavy atom. The lowest BCUT2D eigenvalue weighted by Crippen LogP contribution is -2.38. The minimum absolute atomic E-state index is 0.00940. The standard InChI is InChI=1S/C22H29N3O3/c1-16(2)25-15-12-23-22(25)18-10-13-24(14-11-18)21(27)9-8-20(26)17-4-6-19(28-3)7-5-17/h4-7,12,15-16,18H,8-11,13-14H2,1-3H3. The third kappa shape index (κ3) is 4.61. The minimum atomic E-state index is -0.00940. The summed E-state index contributed by atoms with van der Waals surface area (Å²) in [4.78, 5) is 31.3. The number of carbonyl (C=O) groups is 2. The Morgan fingerprint density at radius 2 is 1.82 bits per heavy atom. The molecule has 2 heterocycles. The first kappa shape index (κ1) is 20.1. The molecule has 3 rings (SSSR count). The van der Waals surface area contributed by atoms with Crippen molar-refractivity contribution in [3.8, 4) is 5.75 Å². The summed E-state index contributed by atoms with van der Waals surface area (Å²) in [5.41, 5.74) is 0.618. The van der Waals surface area contributed by atoms with Crippen molar-refractivity contribution >= 4 is 11.7 Å². The molecule has 0 N–H and O–H groups in total. The second-order valence-electron chi connectivity index (χ2n) is 7.59. The Kier molecular flexibility index (Phi) is 6.49. The third-order valence-corrected chi connectivity index (χ3v) is 5.45. The van der Waals surface area contributed by atoms with E-state index in [0.29, 0.717) is 23.3 Å². The van der Waals surface area contributed by atoms with Crippen molar-refractivity contribution in [1.29, 1.82) is 0 Å². The zero-order valence-corrected chi connectivity index (χ0v) is 16.9. The molecule has 1 aromatic carbocycles. The van der Waals surface area contributed by atoms with Gasteiger partial charge in [-0.05, 0) is 51.0 Å². The van der Waals surface area contributed by atoms with Crippen LogP contribution in [0.4, 0.5) is 0 Å². The van der Waals surface area contributed by atoms with E-state index in [4.69, 9.17) is 4.74 Å². The highest BCUT2D eigenvalue weighted by Crippen LogP contribution is 2.28. The predicted octanol–water partition coefficient (Wildman–Crippen LogP) is 3.84. The molecule has 1 saturated heterocycles. The zero-order valence-electron chi connectivity index (χ0n) is 16.9. The molecule has 1 fully saturated rings. The summed E-state index contributed by atoms with van der Waals surface area (Å²) in [6.07, 6.45) is 6.22. The molecule has 0 radical (unpaired) electrons. The highest BCUT2D eigenvalue weighted by Gasteiger charge is 2.27. The topological polar surface area (TPSA) is 64.4 Å². The van der Waals surface area contributed by atoms with Crippen molar-refractivity contribution in [3.63, 3.8) is 0 Å². The van der Waals surface area contributed by atoms with Gasteiger partial charge < -0.3 is 14.2 Å². The van der Waals surface area contributed by atoms with Crippen molar-refractivity contribution < 1.29 is 14.3 Å². The van der Waals surface area contributed by atoms with Crippen LogP contribution in [0.25, 0.3) is 0 Å². The fourth-order valence-electron chi connectivity index (χ4n) is 3.76. The second-order valence-corrected chi connectivity index (χ2v) is 7.59. The van der Waals surface area contributed by atoms with Crippen LogP contribution in [0.3, 0.4) is 0 Å². The van der Waals surface area contributed by atoms with Gasteiger partial charge in [0.15, 0.2) is 5.78 Å². The van der Waals surface area contributed by atoms with Crippen molar-refractivity contribution in [3.05, 3.63) is 48.0 Å². The molecule has 0 atom stereocenters. The summed E-state index contributed by atoms with van der Waals surface area (Å²) in [6, 6.07) is 7.41. The largest absolute Gasteiger partial charge is 0.497 e. The lowest BCUT2D eigenvalue weighted by molar-refractivity contribution is -0.132. The summed E-state index contributed by atoms with van der Waals surface area (Å²) >= 11 is 0. The van der Waals surface area contributed by atoms with Crippen LogP contribution < -0.4 is 4.74 Å². The fourth-order valence-corrected chi connectivity index (χ4v) is 3.76. The van der Waals surface area contributed by atoms with Gasteiger partial charge in [-0.25, -0.2) is 4.98 Å². The van der Waals surface area contributed by atoms with Crippen LogP contribution in [-0.4, -0.2) is 46.3 Å². The minimum Gasteiger partial charge on any atom is -0.497 e. The molecule has 0 aliphatic carbocycles. The first-order valence-electron chi connectivity index (χ1n) is 9.97. The third-order valence-electron chi connectivity index (χ3n) is 5.45. The molecule has 0 unspecified atom stereocenters. The number of hydrogen-bond acceptors (Lipinski definition) is 4. The van der Waals surface area contributed by atoms with Crippen LogP contribution in [0.1, 0.15) is 67.7 Å². The number of likely N-dealkylation sites (tertiary alicyclic amines) is 1. The van der Waals surface area contributed by atoms with Gasteiger partial charge in [0, 0.05) is 55.8 Å². The number of benzene rings is 1. The molecule has 1 aliphatic heterocycles. The smallest absolute Gasteiger partial charge is 0.223 e. The summed E-state index contributed by atoms with van der Waals surface area (Å²) in [5, 5.41) is 0. The molecule has 6 nitrogen and oxygen atoms in total. The SMILES string of the molecule is COc1ccc(C(=O)CCC(=O)N2CCC(c3nccn3C(C)C)CC2)cc1. The van der Waals surface area contributed by atoms with Crippen LogP contribution in [0.5, 0.6) is 5.75 Å². The van der Waals surface area contributed by atoms with Gasteiger partial charge in [-0.15, -0.1) is 0 Å². The maximum absolute atomic E-state index is 12.5. The molecule has 2 aromatic rings. The van der Waals surface area contributed by atoms with Crippen molar-refractivity contribution in [1.82, 2.24) is 14.5 Å². The van der Waals surface area contributed by atoms with Gasteiger partial charge in [0.1, 0.15) is 11.6 Å². The number of rotatable bonds is 7. The van der Waals surface area contributed by atoms with Gasteiger partial charge >= 0.3 is 0 Å². The monoisotopic (exact) mass is 383 g/mol. The average molecular weight is 383 g/mol. The fraction of sp³-hybridized carbons (Fsp3) is 0.500. The summed E-state index contributed by atoms with van der Waals surface area (Å²) in [5.74, 6) is 2.28. The Labute approximate surface area is 166 Å². The van der Waals surface area contributed by atoms with E-state index >= 15 is 0 Å². The number of piperidine rings is 1. The van der Waals surface area contributed by atoms with E-state index in [0.717, 1.165) is 31.8 Å². The molecule has 6 heteroatoms. The Morgan fingerprint density at radius 1 is 1.14 bits per heavy atom. The molecular formula is C22H29N3O3. The van der Waals surface area contributed by atoms with Gasteiger partial charge in [0.05, 0.1) is 7.11 Å². The summed E-state index contributed by atoms with van der Waals surface area (Å²) < 4.78 is 7.32. The van der Waals surface area contributed by atoms with Crippen LogP contribution in [0.15, 0.2) is 36.7 Å². The number of amides is 1. The van der Waals surface area contributed by atoms with Crippen LogP contribution in [-0.2, 0) is 4.79 Å². The maximum atomic E-state index is 12.5. The lowest BCUT2D eigenvalue weighted by Gasteiger charge is -2.32. The van der Waals surface area contributed by atoms with Crippen molar-refractivity contribution in [2.45, 2.75) is 51.5 Å². The first-order valence-corrected chi connectivity index (χ1v) is 9.97. The van der Waals surface area contributed by atoms with E-state index in [1.165, 1.54) is 0 Å². The Bertz CT molecular complexity index is 803. The van der Waals surface area contributed by atoms with E-state index < -0.39 is 0 Å². The Hall–Kier alpha value is -2.63. The number of ketones is 1. The molecule has 1 amide bonds. The zero-order chi connectivity index (χ0) is 20.1. The molecule has 0 spiro atoms. The predicted molar refractivity (Wildman–Crippen MR) is 108 cm³/mol. The van der Waals surface area contributed by atoms with Crippen LogP contribution in [0.2, 0.25) is 0 Å². The Balaban J connectivity index is 1.48. The summed E-state index contributed by atoms with van der Waals surface area (Å²) in [7, 11) is 1.59. The number of carbonyl (C=O) groups excluding carboxylic acids is 2. The molecule has 0 saturated carbocycles. The quantitative estimate of drug-likeness (QED) is 0.682. The van der Waals surface area contributed by atoms with Crippen LogP contribution in [0, 0.1) is 0 Å². The normalized spacial score (nSPS) is 15.1. The highest BCUT2D eigenvalue weighted by molar-refractivity contribution is 5.98. The number of methoxy groups -OCH3 is 1. The van der Waals surface area contributed by atoms with E-state index in [1.807, 2.05) is 17.3 Å². The van der Waals surface area contributed by atoms with Gasteiger partial charge in [-0.1, -0.05) is 0 Å². The summed E-state index contributed by atoms with van der Waals surface area (Å²) in [6.45, 7) is 5.77. The number of Topliss-reactive ketones (excluding diaryl/α,β-unsaturated/α-hetero) is 1. The van der Waals surface area contributed by atoms with Gasteiger partial charge in [0.25, 0.3) is 0 Å². The first-order chi connectivity index (χ1) is 13.5. The number of aromatic nitrogens is 2. The molecular weight excluding hydrogens is 354 g/mol. The lowest BCUT2D eigenvalue weighted by atomic mass is 9.95. The van der Waals surface area contributed by atoms with Crippen LogP contribution >= 0.6 is 0 Å². The molecule has 150 valence electrons. The maximum Gasteiger partial charge on any atom is 0.223 e. The van der Waals surface area contributed by atoms with Crippen molar-refractivity contribution in [2.24, 2.45) is 0 Å². The molecule has 0 bridgehead atoms. The van der Waals surface area contributed by atoms with E-state index in [1.54, 1.807) is 31.4 Å². The average Bonchev–Trinajstić information content (AvgIpc) is 3.22. The van der Waals surface area contributed by atoms with E-state index in [-0.39, 0.29) is 24.5 Å². The number of imidazole rings is 1. The molecule has 1 aromatic heterocycles. The van der Waals surface area contributed by atoms with Crippen molar-refractivity contribution in [2.75, 3.05) is 20.2 Å². The highest BCUT2D eigenvalue weighted by atomic mass is 16.5. The number of nitrogens with zero attached hydrogens (tertiary/aromatic N) is 3. The van der Waals surface area contributed by atoms with Gasteiger partial charge in [-0.2, -0.15) is 0 Å². The van der Waals surface area contributed by atoms with E-state index in [9.17, 15) is 9.59 Å². The molecule has 28 heavy (non-hydrogen) atoms. The number of hydrogen-bond donors (Lipinski definition) is 0. The van der Waals surface area contributed by atoms with Gasteiger partial charge in [0.2, 0.25) is 5.91 Å². The molecule has 1 aliphatic rings. The second kappa shape index (κ2) is 9.04. The number of ether oxygens (including phenoxy) is 1. The van der Waals surface area contributed by atoms with Gasteiger partial charge in [-0.3, -0.25) is 9.59 Å². The van der Waals surface area contributed by atoms with E-state index in [2.05, 4.69) is 23.4 Å².